The number of hydrogen-bond acceptors (Lipinski definition) is 2. The Labute approximate surface area is 103 Å². The summed E-state index contributed by atoms with van der Waals surface area (Å²) in [5.74, 6) is 0. The van der Waals surface area contributed by atoms with E-state index in [2.05, 4.69) is 60.7 Å². The smallest absolute Gasteiger partial charge is 0.0227 e. The van der Waals surface area contributed by atoms with E-state index in [0.29, 0.717) is 0 Å². The Kier molecular flexibility index (Phi) is 3.77. The summed E-state index contributed by atoms with van der Waals surface area (Å²) in [6.45, 7) is 1.91. The molecule has 2 heteroatoms. The van der Waals surface area contributed by atoms with Gasteiger partial charge < -0.3 is 10.2 Å². The van der Waals surface area contributed by atoms with Crippen molar-refractivity contribution < 1.29 is 0 Å². The topological polar surface area (TPSA) is 15.3 Å². The Bertz CT molecular complexity index is 503. The molecular formula is C15H20N2. The van der Waals surface area contributed by atoms with Crippen LogP contribution >= 0.6 is 0 Å². The fraction of sp³-hybridized carbons (Fsp3) is 0.333. The van der Waals surface area contributed by atoms with Gasteiger partial charge in [0.15, 0.2) is 0 Å². The van der Waals surface area contributed by atoms with Gasteiger partial charge in [-0.25, -0.2) is 0 Å². The van der Waals surface area contributed by atoms with Crippen molar-refractivity contribution in [1.29, 1.82) is 0 Å². The minimum absolute atomic E-state index is 0.921. The Morgan fingerprint density at radius 1 is 1.12 bits per heavy atom. The highest BCUT2D eigenvalue weighted by Crippen LogP contribution is 2.20. The number of benzene rings is 2. The van der Waals surface area contributed by atoms with Crippen LogP contribution in [0, 0.1) is 0 Å². The monoisotopic (exact) mass is 228 g/mol. The number of nitrogens with one attached hydrogen (secondary N) is 1. The first-order chi connectivity index (χ1) is 8.20. The predicted molar refractivity (Wildman–Crippen MR) is 74.1 cm³/mol. The van der Waals surface area contributed by atoms with Gasteiger partial charge in [-0.2, -0.15) is 0 Å². The van der Waals surface area contributed by atoms with E-state index in [0.717, 1.165) is 13.1 Å². The van der Waals surface area contributed by atoms with Gasteiger partial charge in [-0.15, -0.1) is 0 Å². The van der Waals surface area contributed by atoms with Gasteiger partial charge in [0.1, 0.15) is 0 Å². The van der Waals surface area contributed by atoms with Gasteiger partial charge in [0, 0.05) is 13.1 Å². The summed E-state index contributed by atoms with van der Waals surface area (Å²) in [7, 11) is 6.18. The molecule has 2 aromatic carbocycles. The number of hydrogen-bond donors (Lipinski definition) is 1. The zero-order valence-corrected chi connectivity index (χ0v) is 10.8. The molecule has 0 bridgehead atoms. The Balaban J connectivity index is 2.41. The summed E-state index contributed by atoms with van der Waals surface area (Å²) in [4.78, 5) is 2.19. The lowest BCUT2D eigenvalue weighted by Gasteiger charge is -2.11. The second-order valence-electron chi connectivity index (χ2n) is 4.74. The maximum absolute atomic E-state index is 3.21. The molecule has 0 aliphatic carbocycles. The van der Waals surface area contributed by atoms with E-state index >= 15 is 0 Å². The van der Waals surface area contributed by atoms with Crippen molar-refractivity contribution in [3.8, 4) is 0 Å². The molecule has 0 unspecified atom stereocenters. The van der Waals surface area contributed by atoms with Crippen LogP contribution in [0.3, 0.4) is 0 Å². The first-order valence-electron chi connectivity index (χ1n) is 6.00. The minimum atomic E-state index is 0.921. The molecule has 0 aromatic heterocycles. The van der Waals surface area contributed by atoms with Crippen LogP contribution in [-0.4, -0.2) is 26.0 Å². The molecule has 0 saturated heterocycles. The van der Waals surface area contributed by atoms with Crippen LogP contribution in [0.2, 0.25) is 0 Å². The van der Waals surface area contributed by atoms with Gasteiger partial charge in [-0.3, -0.25) is 0 Å². The molecule has 0 aliphatic rings. The third kappa shape index (κ3) is 2.84. The molecule has 2 aromatic rings. The highest BCUT2D eigenvalue weighted by Gasteiger charge is 2.02. The molecule has 2 rings (SSSR count). The van der Waals surface area contributed by atoms with Gasteiger partial charge in [-0.1, -0.05) is 30.3 Å². The summed E-state index contributed by atoms with van der Waals surface area (Å²) < 4.78 is 0. The average Bonchev–Trinajstić information content (AvgIpc) is 2.28. The number of fused-ring (bicyclic) bond motifs is 1. The molecule has 0 aliphatic heterocycles. The van der Waals surface area contributed by atoms with E-state index in [1.807, 2.05) is 7.05 Å². The summed E-state index contributed by atoms with van der Waals surface area (Å²) in [5, 5.41) is 5.90. The Morgan fingerprint density at radius 2 is 1.94 bits per heavy atom. The average molecular weight is 228 g/mol. The molecule has 2 nitrogen and oxygen atoms in total. The summed E-state index contributed by atoms with van der Waals surface area (Å²) in [5.41, 5.74) is 2.73. The van der Waals surface area contributed by atoms with Gasteiger partial charge in [0.25, 0.3) is 0 Å². The zero-order valence-electron chi connectivity index (χ0n) is 10.8. The second-order valence-corrected chi connectivity index (χ2v) is 4.74. The fourth-order valence-electron chi connectivity index (χ4n) is 2.21. The van der Waals surface area contributed by atoms with Crippen molar-refractivity contribution in [2.45, 2.75) is 13.1 Å². The van der Waals surface area contributed by atoms with E-state index in [-0.39, 0.29) is 0 Å². The van der Waals surface area contributed by atoms with Crippen LogP contribution < -0.4 is 5.32 Å². The SMILES string of the molecule is CNCc1cccc2cc(CN(C)C)ccc12. The molecule has 0 fully saturated rings. The lowest BCUT2D eigenvalue weighted by atomic mass is 10.0. The van der Waals surface area contributed by atoms with Crippen molar-refractivity contribution in [2.75, 3.05) is 21.1 Å². The highest BCUT2D eigenvalue weighted by molar-refractivity contribution is 5.86. The van der Waals surface area contributed by atoms with E-state index in [9.17, 15) is 0 Å². The molecule has 0 amide bonds. The number of rotatable bonds is 4. The lowest BCUT2D eigenvalue weighted by Crippen LogP contribution is -2.10. The molecule has 0 saturated carbocycles. The van der Waals surface area contributed by atoms with Gasteiger partial charge in [0.05, 0.1) is 0 Å². The second kappa shape index (κ2) is 5.30. The predicted octanol–water partition coefficient (Wildman–Crippen LogP) is 2.62. The van der Waals surface area contributed by atoms with Crippen LogP contribution in [0.1, 0.15) is 11.1 Å². The standard InChI is InChI=1S/C15H20N2/c1-16-10-14-6-4-5-13-9-12(11-17(2)3)7-8-15(13)14/h4-9,16H,10-11H2,1-3H3. The van der Waals surface area contributed by atoms with E-state index in [1.54, 1.807) is 0 Å². The number of nitrogens with zero attached hydrogens (tertiary/aromatic N) is 1. The zero-order chi connectivity index (χ0) is 12.3. The van der Waals surface area contributed by atoms with E-state index in [1.165, 1.54) is 21.9 Å². The van der Waals surface area contributed by atoms with Crippen LogP contribution in [0.15, 0.2) is 36.4 Å². The molecule has 1 N–H and O–H groups in total. The van der Waals surface area contributed by atoms with Gasteiger partial charge in [0.2, 0.25) is 0 Å². The molecule has 0 radical (unpaired) electrons. The summed E-state index contributed by atoms with van der Waals surface area (Å²) in [6, 6.07) is 13.3. The van der Waals surface area contributed by atoms with Crippen LogP contribution in [-0.2, 0) is 13.1 Å². The summed E-state index contributed by atoms with van der Waals surface area (Å²) >= 11 is 0. The molecule has 0 heterocycles. The third-order valence-corrected chi connectivity index (χ3v) is 2.90. The van der Waals surface area contributed by atoms with Crippen LogP contribution in [0.25, 0.3) is 10.8 Å². The van der Waals surface area contributed by atoms with Gasteiger partial charge >= 0.3 is 0 Å². The fourth-order valence-corrected chi connectivity index (χ4v) is 2.21. The van der Waals surface area contributed by atoms with Gasteiger partial charge in [-0.05, 0) is 49.1 Å². The van der Waals surface area contributed by atoms with Crippen molar-refractivity contribution in [3.05, 3.63) is 47.5 Å². The maximum atomic E-state index is 3.21. The Hall–Kier alpha value is -1.38. The summed E-state index contributed by atoms with van der Waals surface area (Å²) in [6.07, 6.45) is 0. The van der Waals surface area contributed by atoms with Crippen LogP contribution in [0.4, 0.5) is 0 Å². The highest BCUT2D eigenvalue weighted by atomic mass is 15.0. The normalized spacial score (nSPS) is 11.3. The molecule has 0 spiro atoms. The quantitative estimate of drug-likeness (QED) is 0.865. The first-order valence-corrected chi connectivity index (χ1v) is 6.00. The molecule has 17 heavy (non-hydrogen) atoms. The van der Waals surface area contributed by atoms with Crippen molar-refractivity contribution >= 4 is 10.8 Å². The van der Waals surface area contributed by atoms with E-state index in [4.69, 9.17) is 0 Å². The maximum Gasteiger partial charge on any atom is 0.0227 e. The largest absolute Gasteiger partial charge is 0.316 e. The third-order valence-electron chi connectivity index (χ3n) is 2.90. The lowest BCUT2D eigenvalue weighted by molar-refractivity contribution is 0.403. The van der Waals surface area contributed by atoms with Crippen molar-refractivity contribution in [3.63, 3.8) is 0 Å². The first kappa shape index (κ1) is 12.1. The van der Waals surface area contributed by atoms with Crippen molar-refractivity contribution in [2.24, 2.45) is 0 Å². The molecular weight excluding hydrogens is 208 g/mol. The van der Waals surface area contributed by atoms with Crippen molar-refractivity contribution in [1.82, 2.24) is 10.2 Å². The van der Waals surface area contributed by atoms with E-state index < -0.39 is 0 Å². The minimum Gasteiger partial charge on any atom is -0.316 e. The van der Waals surface area contributed by atoms with Crippen LogP contribution in [0.5, 0.6) is 0 Å². The molecule has 90 valence electrons. The molecule has 0 atom stereocenters. The Morgan fingerprint density at radius 3 is 2.65 bits per heavy atom.